The molecule has 0 saturated heterocycles. The van der Waals surface area contributed by atoms with Crippen LogP contribution in [0.25, 0.3) is 0 Å². The van der Waals surface area contributed by atoms with Gasteiger partial charge in [-0.1, -0.05) is 6.08 Å². The monoisotopic (exact) mass is 163 g/mol. The van der Waals surface area contributed by atoms with Crippen molar-refractivity contribution < 1.29 is 4.84 Å². The second kappa shape index (κ2) is 2.89. The first-order chi connectivity index (χ1) is 5.84. The second-order valence-corrected chi connectivity index (χ2v) is 2.75. The molecule has 2 aliphatic heterocycles. The highest BCUT2D eigenvalue weighted by atomic mass is 16.6. The quantitative estimate of drug-likeness (QED) is 0.535. The van der Waals surface area contributed by atoms with E-state index in [2.05, 4.69) is 15.4 Å². The molecular formula is C8H9N3O. The first-order valence-electron chi connectivity index (χ1n) is 3.85. The van der Waals surface area contributed by atoms with E-state index < -0.39 is 0 Å². The molecule has 12 heavy (non-hydrogen) atoms. The van der Waals surface area contributed by atoms with E-state index >= 15 is 0 Å². The van der Waals surface area contributed by atoms with Crippen LogP contribution in [0, 0.1) is 0 Å². The zero-order chi connectivity index (χ0) is 8.39. The summed E-state index contributed by atoms with van der Waals surface area (Å²) in [6.07, 6.45) is 7.48. The van der Waals surface area contributed by atoms with Gasteiger partial charge in [0.05, 0.1) is 6.04 Å². The number of fused-ring (bicyclic) bond motifs is 1. The van der Waals surface area contributed by atoms with Crippen molar-refractivity contribution in [3.8, 4) is 0 Å². The average molecular weight is 163 g/mol. The van der Waals surface area contributed by atoms with Crippen molar-refractivity contribution >= 4 is 6.21 Å². The lowest BCUT2D eigenvalue weighted by atomic mass is 10.2. The third-order valence-corrected chi connectivity index (χ3v) is 1.67. The maximum Gasteiger partial charge on any atom is 0.158 e. The van der Waals surface area contributed by atoms with E-state index in [1.54, 1.807) is 6.21 Å². The zero-order valence-electron chi connectivity index (χ0n) is 6.71. The lowest BCUT2D eigenvalue weighted by Gasteiger charge is -2.11. The van der Waals surface area contributed by atoms with Gasteiger partial charge in [-0.25, -0.2) is 0 Å². The molecule has 2 unspecified atom stereocenters. The standard InChI is InChI=1S/C8H9N3O/c1-6-2-3-8-4-7(5-9-6)10-11-12-8/h2-7H,1H3/b3-2?,9-5-. The molecule has 0 fully saturated rings. The summed E-state index contributed by atoms with van der Waals surface area (Å²) < 4.78 is 0. The van der Waals surface area contributed by atoms with Gasteiger partial charge in [-0.3, -0.25) is 4.99 Å². The summed E-state index contributed by atoms with van der Waals surface area (Å²) in [5, 5.41) is 7.33. The van der Waals surface area contributed by atoms with Crippen molar-refractivity contribution in [1.82, 2.24) is 0 Å². The fraction of sp³-hybridized carbons (Fsp3) is 0.375. The van der Waals surface area contributed by atoms with E-state index in [4.69, 9.17) is 4.84 Å². The van der Waals surface area contributed by atoms with Crippen LogP contribution in [0.5, 0.6) is 0 Å². The summed E-state index contributed by atoms with van der Waals surface area (Å²) in [4.78, 5) is 9.14. The Labute approximate surface area is 70.3 Å². The largest absolute Gasteiger partial charge is 0.340 e. The molecule has 0 aliphatic carbocycles. The van der Waals surface area contributed by atoms with Crippen molar-refractivity contribution in [1.29, 1.82) is 0 Å². The van der Waals surface area contributed by atoms with E-state index in [0.717, 1.165) is 5.76 Å². The van der Waals surface area contributed by atoms with Crippen molar-refractivity contribution in [2.24, 2.45) is 15.4 Å². The molecule has 0 aromatic carbocycles. The maximum absolute atomic E-state index is 4.90. The lowest BCUT2D eigenvalue weighted by molar-refractivity contribution is 0.199. The molecule has 2 bridgehead atoms. The Morgan fingerprint density at radius 1 is 1.50 bits per heavy atom. The van der Waals surface area contributed by atoms with Gasteiger partial charge in [0.15, 0.2) is 5.76 Å². The van der Waals surface area contributed by atoms with E-state index in [1.165, 1.54) is 0 Å². The second-order valence-electron chi connectivity index (χ2n) is 2.75. The number of rotatable bonds is 0. The summed E-state index contributed by atoms with van der Waals surface area (Å²) >= 11 is 0. The summed E-state index contributed by atoms with van der Waals surface area (Å²) in [6.45, 7) is 2.01. The van der Waals surface area contributed by atoms with Crippen LogP contribution in [-0.2, 0) is 4.84 Å². The predicted octanol–water partition coefficient (Wildman–Crippen LogP) is 1.67. The highest BCUT2D eigenvalue weighted by Crippen LogP contribution is 2.13. The molecule has 0 spiro atoms. The van der Waals surface area contributed by atoms with Gasteiger partial charge in [-0.15, -0.1) is 5.11 Å². The van der Waals surface area contributed by atoms with E-state index in [-0.39, 0.29) is 12.1 Å². The number of hydrogen-bond acceptors (Lipinski definition) is 4. The van der Waals surface area contributed by atoms with Gasteiger partial charge >= 0.3 is 0 Å². The fourth-order valence-electron chi connectivity index (χ4n) is 1.02. The van der Waals surface area contributed by atoms with Crippen LogP contribution in [0.2, 0.25) is 0 Å². The number of allylic oxidation sites excluding steroid dienone is 1. The Morgan fingerprint density at radius 3 is 3.33 bits per heavy atom. The highest BCUT2D eigenvalue weighted by molar-refractivity contribution is 5.68. The minimum absolute atomic E-state index is 0.0545. The molecule has 0 amide bonds. The topological polar surface area (TPSA) is 46.3 Å². The van der Waals surface area contributed by atoms with Crippen molar-refractivity contribution in [2.45, 2.75) is 19.0 Å². The summed E-state index contributed by atoms with van der Waals surface area (Å²) in [5.74, 6) is 0.744. The maximum atomic E-state index is 4.90. The van der Waals surface area contributed by atoms with Crippen LogP contribution in [0.4, 0.5) is 0 Å². The number of aliphatic imine (C=N–C) groups is 1. The summed E-state index contributed by atoms with van der Waals surface area (Å²) in [6, 6.07) is 0.134. The van der Waals surface area contributed by atoms with Crippen molar-refractivity contribution in [2.75, 3.05) is 0 Å². The van der Waals surface area contributed by atoms with Crippen LogP contribution in [0.15, 0.2) is 39.4 Å². The summed E-state index contributed by atoms with van der Waals surface area (Å²) in [7, 11) is 0. The smallest absolute Gasteiger partial charge is 0.158 e. The van der Waals surface area contributed by atoms with Gasteiger partial charge in [0.2, 0.25) is 0 Å². The summed E-state index contributed by atoms with van der Waals surface area (Å²) in [5.41, 5.74) is 0. The molecule has 4 nitrogen and oxygen atoms in total. The minimum atomic E-state index is -0.0545. The number of hydrogen-bond donors (Lipinski definition) is 0. The van der Waals surface area contributed by atoms with E-state index in [1.807, 2.05) is 25.2 Å². The zero-order valence-corrected chi connectivity index (χ0v) is 6.71. The average Bonchev–Trinajstić information content (AvgIpc) is 2.11. The van der Waals surface area contributed by atoms with E-state index in [0.29, 0.717) is 0 Å². The molecule has 0 N–H and O–H groups in total. The molecule has 0 aromatic heterocycles. The lowest BCUT2D eigenvalue weighted by Crippen LogP contribution is -2.10. The Morgan fingerprint density at radius 2 is 2.42 bits per heavy atom. The molecule has 2 aliphatic rings. The Bertz CT molecular complexity index is 291. The molecular weight excluding hydrogens is 154 g/mol. The van der Waals surface area contributed by atoms with Crippen LogP contribution in [0.3, 0.4) is 0 Å². The fourth-order valence-corrected chi connectivity index (χ4v) is 1.02. The van der Waals surface area contributed by atoms with Gasteiger partial charge in [0.1, 0.15) is 6.04 Å². The van der Waals surface area contributed by atoms with Crippen molar-refractivity contribution in [3.63, 3.8) is 0 Å². The van der Waals surface area contributed by atoms with Gasteiger partial charge in [0.25, 0.3) is 0 Å². The first kappa shape index (κ1) is 7.21. The van der Waals surface area contributed by atoms with Crippen LogP contribution < -0.4 is 0 Å². The molecule has 2 rings (SSSR count). The van der Waals surface area contributed by atoms with Crippen LogP contribution in [-0.4, -0.2) is 18.3 Å². The molecule has 0 radical (unpaired) electrons. The number of nitrogens with zero attached hydrogens (tertiary/aromatic N) is 3. The molecule has 62 valence electrons. The van der Waals surface area contributed by atoms with Gasteiger partial charge in [-0.2, -0.15) is 0 Å². The normalized spacial score (nSPS) is 34.6. The third-order valence-electron chi connectivity index (χ3n) is 1.67. The molecule has 2 atom stereocenters. The predicted molar refractivity (Wildman–Crippen MR) is 44.9 cm³/mol. The third kappa shape index (κ3) is 1.42. The van der Waals surface area contributed by atoms with Gasteiger partial charge < -0.3 is 4.84 Å². The molecule has 4 heteroatoms. The Hall–Kier alpha value is -1.45. The van der Waals surface area contributed by atoms with E-state index in [9.17, 15) is 0 Å². The van der Waals surface area contributed by atoms with Crippen molar-refractivity contribution in [3.05, 3.63) is 24.0 Å². The molecule has 0 aromatic rings. The molecule has 2 heterocycles. The first-order valence-corrected chi connectivity index (χ1v) is 3.85. The highest BCUT2D eigenvalue weighted by Gasteiger charge is 2.10. The Kier molecular flexibility index (Phi) is 1.74. The minimum Gasteiger partial charge on any atom is -0.340 e. The van der Waals surface area contributed by atoms with Gasteiger partial charge in [0, 0.05) is 11.5 Å². The van der Waals surface area contributed by atoms with Crippen LogP contribution >= 0.6 is 0 Å². The van der Waals surface area contributed by atoms with Gasteiger partial charge in [-0.05, 0) is 19.1 Å². The Balaban J connectivity index is 2.30. The SMILES string of the molecule is CC1C=CC2=CC(/C=N\1)N=NO2. The molecule has 0 saturated carbocycles. The van der Waals surface area contributed by atoms with Crippen LogP contribution in [0.1, 0.15) is 6.92 Å².